The monoisotopic (exact) mass is 319 g/mol. The Morgan fingerprint density at radius 3 is 2.70 bits per heavy atom. The van der Waals surface area contributed by atoms with Crippen molar-refractivity contribution < 1.29 is 4.79 Å². The van der Waals surface area contributed by atoms with Gasteiger partial charge in [-0.25, -0.2) is 4.98 Å². The smallest absolute Gasteiger partial charge is 0.257 e. The van der Waals surface area contributed by atoms with Crippen molar-refractivity contribution >= 4 is 34.2 Å². The van der Waals surface area contributed by atoms with E-state index in [1.165, 1.54) is 0 Å². The molecule has 0 aliphatic heterocycles. The predicted molar refractivity (Wildman–Crippen MR) is 93.8 cm³/mol. The van der Waals surface area contributed by atoms with Crippen LogP contribution in [0.3, 0.4) is 0 Å². The van der Waals surface area contributed by atoms with Gasteiger partial charge < -0.3 is 4.98 Å². The number of fused-ring (bicyclic) bond motifs is 1. The first-order chi connectivity index (χ1) is 11.3. The van der Waals surface area contributed by atoms with Gasteiger partial charge in [0.25, 0.3) is 5.91 Å². The Kier molecular flexibility index (Phi) is 3.40. The normalized spacial score (nSPS) is 10.8. The molecular formula is C18H13N3OS. The number of hydrogen-bond acceptors (Lipinski definition) is 3. The maximum atomic E-state index is 12.2. The SMILES string of the molecule is O=C(Nc1nc2c(-c3ccsc3)cccc2[nH]1)c1ccccc1. The van der Waals surface area contributed by atoms with E-state index < -0.39 is 0 Å². The highest BCUT2D eigenvalue weighted by atomic mass is 32.1. The van der Waals surface area contributed by atoms with Crippen molar-refractivity contribution in [2.45, 2.75) is 0 Å². The number of nitrogens with zero attached hydrogens (tertiary/aromatic N) is 1. The van der Waals surface area contributed by atoms with Crippen molar-refractivity contribution in [3.05, 3.63) is 70.9 Å². The number of amides is 1. The average Bonchev–Trinajstić information content (AvgIpc) is 3.24. The molecule has 0 bridgehead atoms. The third-order valence-corrected chi connectivity index (χ3v) is 4.30. The number of rotatable bonds is 3. The van der Waals surface area contributed by atoms with Gasteiger partial charge in [0, 0.05) is 11.1 Å². The second-order valence-corrected chi connectivity index (χ2v) is 5.90. The molecule has 112 valence electrons. The van der Waals surface area contributed by atoms with E-state index in [1.807, 2.05) is 41.8 Å². The number of carbonyl (C=O) groups is 1. The molecule has 0 aliphatic carbocycles. The summed E-state index contributed by atoms with van der Waals surface area (Å²) in [7, 11) is 0. The van der Waals surface area contributed by atoms with Crippen LogP contribution in [0.25, 0.3) is 22.2 Å². The van der Waals surface area contributed by atoms with Gasteiger partial charge in [0.15, 0.2) is 0 Å². The number of para-hydroxylation sites is 1. The zero-order valence-electron chi connectivity index (χ0n) is 12.1. The zero-order valence-corrected chi connectivity index (χ0v) is 12.9. The largest absolute Gasteiger partial charge is 0.324 e. The van der Waals surface area contributed by atoms with Gasteiger partial charge in [-0.05, 0) is 40.6 Å². The molecule has 4 rings (SSSR count). The number of anilines is 1. The van der Waals surface area contributed by atoms with Crippen molar-refractivity contribution in [2.24, 2.45) is 0 Å². The number of carbonyl (C=O) groups excluding carboxylic acids is 1. The summed E-state index contributed by atoms with van der Waals surface area (Å²) in [5.74, 6) is 0.276. The highest BCUT2D eigenvalue weighted by Gasteiger charge is 2.12. The third kappa shape index (κ3) is 2.62. The number of thiophene rings is 1. The van der Waals surface area contributed by atoms with E-state index in [2.05, 4.69) is 26.7 Å². The van der Waals surface area contributed by atoms with Gasteiger partial charge in [-0.1, -0.05) is 30.3 Å². The van der Waals surface area contributed by atoms with Gasteiger partial charge in [-0.2, -0.15) is 11.3 Å². The molecule has 0 saturated carbocycles. The molecule has 0 atom stereocenters. The summed E-state index contributed by atoms with van der Waals surface area (Å²) in [4.78, 5) is 19.9. The molecule has 0 aliphatic rings. The maximum absolute atomic E-state index is 12.2. The van der Waals surface area contributed by atoms with Gasteiger partial charge >= 0.3 is 0 Å². The molecule has 2 heterocycles. The quantitative estimate of drug-likeness (QED) is 0.582. The van der Waals surface area contributed by atoms with E-state index in [4.69, 9.17) is 0 Å². The van der Waals surface area contributed by atoms with Crippen molar-refractivity contribution in [1.82, 2.24) is 9.97 Å². The minimum absolute atomic E-state index is 0.179. The van der Waals surface area contributed by atoms with Gasteiger partial charge in [0.2, 0.25) is 5.95 Å². The first-order valence-corrected chi connectivity index (χ1v) is 8.13. The number of aromatic amines is 1. The third-order valence-electron chi connectivity index (χ3n) is 3.61. The van der Waals surface area contributed by atoms with Crippen LogP contribution in [0, 0.1) is 0 Å². The number of hydrogen-bond donors (Lipinski definition) is 2. The van der Waals surface area contributed by atoms with E-state index >= 15 is 0 Å². The lowest BCUT2D eigenvalue weighted by molar-refractivity contribution is 0.102. The van der Waals surface area contributed by atoms with Crippen molar-refractivity contribution in [2.75, 3.05) is 5.32 Å². The molecule has 4 aromatic rings. The molecule has 2 aromatic carbocycles. The zero-order chi connectivity index (χ0) is 15.6. The average molecular weight is 319 g/mol. The topological polar surface area (TPSA) is 57.8 Å². The summed E-state index contributed by atoms with van der Waals surface area (Å²) in [6.07, 6.45) is 0. The van der Waals surface area contributed by atoms with Crippen LogP contribution in [0.4, 0.5) is 5.95 Å². The fraction of sp³-hybridized carbons (Fsp3) is 0. The Hall–Kier alpha value is -2.92. The molecule has 1 amide bonds. The molecule has 0 spiro atoms. The first kappa shape index (κ1) is 13.7. The summed E-state index contributed by atoms with van der Waals surface area (Å²) in [5, 5.41) is 6.95. The van der Waals surface area contributed by atoms with Crippen LogP contribution in [0.2, 0.25) is 0 Å². The lowest BCUT2D eigenvalue weighted by atomic mass is 10.1. The summed E-state index contributed by atoms with van der Waals surface area (Å²) in [6, 6.07) is 17.1. The number of nitrogens with one attached hydrogen (secondary N) is 2. The van der Waals surface area contributed by atoms with Gasteiger partial charge in [-0.3, -0.25) is 10.1 Å². The van der Waals surface area contributed by atoms with Gasteiger partial charge in [-0.15, -0.1) is 0 Å². The number of benzene rings is 2. The highest BCUT2D eigenvalue weighted by Crippen LogP contribution is 2.29. The number of H-pyrrole nitrogens is 1. The van der Waals surface area contributed by atoms with Crippen LogP contribution in [0.1, 0.15) is 10.4 Å². The summed E-state index contributed by atoms with van der Waals surface area (Å²) in [6.45, 7) is 0. The van der Waals surface area contributed by atoms with Crippen LogP contribution in [-0.2, 0) is 0 Å². The summed E-state index contributed by atoms with van der Waals surface area (Å²) >= 11 is 1.65. The predicted octanol–water partition coefficient (Wildman–Crippen LogP) is 4.54. The Labute approximate surface area is 136 Å². The van der Waals surface area contributed by atoms with Crippen molar-refractivity contribution in [3.63, 3.8) is 0 Å². The van der Waals surface area contributed by atoms with Crippen LogP contribution in [-0.4, -0.2) is 15.9 Å². The van der Waals surface area contributed by atoms with Crippen LogP contribution in [0.15, 0.2) is 65.4 Å². The Balaban J connectivity index is 1.70. The minimum Gasteiger partial charge on any atom is -0.324 e. The molecule has 2 N–H and O–H groups in total. The molecule has 0 saturated heterocycles. The Morgan fingerprint density at radius 1 is 1.04 bits per heavy atom. The van der Waals surface area contributed by atoms with Crippen molar-refractivity contribution in [1.29, 1.82) is 0 Å². The number of aromatic nitrogens is 2. The van der Waals surface area contributed by atoms with Crippen LogP contribution in [0.5, 0.6) is 0 Å². The minimum atomic E-state index is -0.179. The fourth-order valence-corrected chi connectivity index (χ4v) is 3.17. The second-order valence-electron chi connectivity index (χ2n) is 5.12. The van der Waals surface area contributed by atoms with E-state index in [0.29, 0.717) is 11.5 Å². The summed E-state index contributed by atoms with van der Waals surface area (Å²) in [5.41, 5.74) is 4.55. The molecular weight excluding hydrogens is 306 g/mol. The molecule has 23 heavy (non-hydrogen) atoms. The Morgan fingerprint density at radius 2 is 1.91 bits per heavy atom. The van der Waals surface area contributed by atoms with Gasteiger partial charge in [0.1, 0.15) is 0 Å². The van der Waals surface area contributed by atoms with Crippen LogP contribution >= 0.6 is 11.3 Å². The molecule has 5 heteroatoms. The van der Waals surface area contributed by atoms with E-state index in [0.717, 1.165) is 22.2 Å². The maximum Gasteiger partial charge on any atom is 0.257 e. The molecule has 2 aromatic heterocycles. The lowest BCUT2D eigenvalue weighted by Crippen LogP contribution is -2.12. The molecule has 0 unspecified atom stereocenters. The van der Waals surface area contributed by atoms with Crippen LogP contribution < -0.4 is 5.32 Å². The van der Waals surface area contributed by atoms with Crippen molar-refractivity contribution in [3.8, 4) is 11.1 Å². The Bertz CT molecular complexity index is 959. The summed E-state index contributed by atoms with van der Waals surface area (Å²) < 4.78 is 0. The molecule has 0 fully saturated rings. The molecule has 0 radical (unpaired) electrons. The number of imidazole rings is 1. The fourth-order valence-electron chi connectivity index (χ4n) is 2.51. The van der Waals surface area contributed by atoms with E-state index in [1.54, 1.807) is 23.5 Å². The lowest BCUT2D eigenvalue weighted by Gasteiger charge is -2.00. The second kappa shape index (κ2) is 5.70. The van der Waals surface area contributed by atoms with Gasteiger partial charge in [0.05, 0.1) is 11.0 Å². The van der Waals surface area contributed by atoms with E-state index in [-0.39, 0.29) is 5.91 Å². The highest BCUT2D eigenvalue weighted by molar-refractivity contribution is 7.08. The standard InChI is InChI=1S/C18H13N3OS/c22-17(12-5-2-1-3-6-12)21-18-19-15-8-4-7-14(16(15)20-18)13-9-10-23-11-13/h1-11H,(H2,19,20,21,22). The van der Waals surface area contributed by atoms with E-state index in [9.17, 15) is 4.79 Å². The first-order valence-electron chi connectivity index (χ1n) is 7.19. The molecule has 4 nitrogen and oxygen atoms in total.